The molecule has 6 heteroatoms. The summed E-state index contributed by atoms with van der Waals surface area (Å²) in [6, 6.07) is 0. The predicted molar refractivity (Wildman–Crippen MR) is 32.1 cm³/mol. The van der Waals surface area contributed by atoms with Crippen molar-refractivity contribution in [1.82, 2.24) is 20.4 Å². The van der Waals surface area contributed by atoms with E-state index in [0.29, 0.717) is 0 Å². The fourth-order valence-corrected chi connectivity index (χ4v) is 0.398. The van der Waals surface area contributed by atoms with Crippen molar-refractivity contribution in [2.24, 2.45) is 0 Å². The highest BCUT2D eigenvalue weighted by atomic mass is 32.1. The van der Waals surface area contributed by atoms with Crippen LogP contribution in [0.5, 0.6) is 0 Å². The summed E-state index contributed by atoms with van der Waals surface area (Å²) in [6.07, 6.45) is 0. The van der Waals surface area contributed by atoms with Gasteiger partial charge in [-0.15, -0.1) is 20.4 Å². The van der Waals surface area contributed by atoms with Crippen LogP contribution >= 0.6 is 25.3 Å². The molecule has 0 aromatic carbocycles. The molecule has 4 nitrogen and oxygen atoms in total. The second-order valence-electron chi connectivity index (χ2n) is 1.000. The number of thiol groups is 2. The first-order valence-electron chi connectivity index (χ1n) is 1.74. The standard InChI is InChI=1S/C2H2N4S2/c7-1-3-5-2(8)6-4-1/h(H,3,4,7)(H,5,6,8). The fraction of sp³-hybridized carbons (Fsp3) is 0. The van der Waals surface area contributed by atoms with Gasteiger partial charge in [0.15, 0.2) is 0 Å². The van der Waals surface area contributed by atoms with Crippen LogP contribution in [0, 0.1) is 0 Å². The minimum atomic E-state index is 0.253. The van der Waals surface area contributed by atoms with Crippen LogP contribution < -0.4 is 0 Å². The Morgan fingerprint density at radius 2 is 1.00 bits per heavy atom. The Balaban J connectivity index is 3.03. The Morgan fingerprint density at radius 1 is 0.750 bits per heavy atom. The molecule has 0 radical (unpaired) electrons. The molecule has 0 saturated carbocycles. The third kappa shape index (κ3) is 1.31. The zero-order valence-corrected chi connectivity index (χ0v) is 5.47. The predicted octanol–water partition coefficient (Wildman–Crippen LogP) is -0.156. The Kier molecular flexibility index (Phi) is 1.64. The number of rotatable bonds is 0. The van der Waals surface area contributed by atoms with Crippen molar-refractivity contribution in [1.29, 1.82) is 0 Å². The van der Waals surface area contributed by atoms with Gasteiger partial charge >= 0.3 is 0 Å². The van der Waals surface area contributed by atoms with E-state index in [1.165, 1.54) is 0 Å². The molecule has 0 spiro atoms. The highest BCUT2D eigenvalue weighted by molar-refractivity contribution is 7.80. The maximum Gasteiger partial charge on any atom is 0.226 e. The average Bonchev–Trinajstić information content (AvgIpc) is 1.77. The fourth-order valence-electron chi connectivity index (χ4n) is 0.219. The van der Waals surface area contributed by atoms with Crippen LogP contribution in [-0.4, -0.2) is 20.4 Å². The quantitative estimate of drug-likeness (QED) is 0.499. The minimum Gasteiger partial charge on any atom is -0.119 e. The summed E-state index contributed by atoms with van der Waals surface area (Å²) >= 11 is 7.50. The van der Waals surface area contributed by atoms with E-state index in [2.05, 4.69) is 45.7 Å². The highest BCUT2D eigenvalue weighted by Gasteiger charge is 1.88. The first-order valence-corrected chi connectivity index (χ1v) is 2.64. The molecule has 0 N–H and O–H groups in total. The van der Waals surface area contributed by atoms with Crippen LogP contribution in [0.3, 0.4) is 0 Å². The Labute approximate surface area is 56.6 Å². The summed E-state index contributed by atoms with van der Waals surface area (Å²) in [5.74, 6) is 0. The van der Waals surface area contributed by atoms with Gasteiger partial charge in [-0.3, -0.25) is 0 Å². The van der Waals surface area contributed by atoms with Gasteiger partial charge in [0, 0.05) is 0 Å². The molecule has 1 aromatic rings. The van der Waals surface area contributed by atoms with E-state index in [1.54, 1.807) is 0 Å². The van der Waals surface area contributed by atoms with Gasteiger partial charge in [0.25, 0.3) is 0 Å². The second-order valence-corrected chi connectivity index (χ2v) is 1.80. The number of nitrogens with zero attached hydrogens (tertiary/aromatic N) is 4. The number of aromatic nitrogens is 4. The van der Waals surface area contributed by atoms with Gasteiger partial charge in [-0.2, -0.15) is 0 Å². The molecule has 42 valence electrons. The van der Waals surface area contributed by atoms with Crippen molar-refractivity contribution in [3.63, 3.8) is 0 Å². The number of hydrogen-bond acceptors (Lipinski definition) is 6. The van der Waals surface area contributed by atoms with Crippen molar-refractivity contribution >= 4 is 25.3 Å². The monoisotopic (exact) mass is 146 g/mol. The molecular weight excluding hydrogens is 144 g/mol. The van der Waals surface area contributed by atoms with Crippen LogP contribution in [-0.2, 0) is 0 Å². The topological polar surface area (TPSA) is 51.6 Å². The SMILES string of the molecule is Sc1nnc(S)nn1. The van der Waals surface area contributed by atoms with Gasteiger partial charge in [-0.25, -0.2) is 0 Å². The summed E-state index contributed by atoms with van der Waals surface area (Å²) < 4.78 is 0. The molecule has 8 heavy (non-hydrogen) atoms. The molecule has 0 atom stereocenters. The van der Waals surface area contributed by atoms with Gasteiger partial charge in [0.1, 0.15) is 0 Å². The van der Waals surface area contributed by atoms with E-state index in [1.807, 2.05) is 0 Å². The second kappa shape index (κ2) is 2.27. The maximum absolute atomic E-state index is 3.75. The van der Waals surface area contributed by atoms with Crippen molar-refractivity contribution in [2.45, 2.75) is 10.3 Å². The zero-order valence-electron chi connectivity index (χ0n) is 3.68. The summed E-state index contributed by atoms with van der Waals surface area (Å²) in [4.78, 5) is 0. The van der Waals surface area contributed by atoms with E-state index in [4.69, 9.17) is 0 Å². The van der Waals surface area contributed by atoms with Crippen LogP contribution in [0.1, 0.15) is 0 Å². The molecule has 0 amide bonds. The molecule has 0 aliphatic carbocycles. The molecule has 0 bridgehead atoms. The first-order chi connectivity index (χ1) is 3.79. The zero-order chi connectivity index (χ0) is 5.98. The normalized spacial score (nSPS) is 9.25. The molecule has 1 rings (SSSR count). The molecule has 0 saturated heterocycles. The van der Waals surface area contributed by atoms with Gasteiger partial charge in [0.2, 0.25) is 10.3 Å². The van der Waals surface area contributed by atoms with Gasteiger partial charge in [-0.05, 0) is 0 Å². The molecule has 1 aromatic heterocycles. The van der Waals surface area contributed by atoms with Crippen molar-refractivity contribution in [2.75, 3.05) is 0 Å². The summed E-state index contributed by atoms with van der Waals surface area (Å²) in [5.41, 5.74) is 0. The lowest BCUT2D eigenvalue weighted by atomic mass is 11.3. The van der Waals surface area contributed by atoms with Crippen LogP contribution in [0.15, 0.2) is 10.3 Å². The summed E-state index contributed by atoms with van der Waals surface area (Å²) in [7, 11) is 0. The van der Waals surface area contributed by atoms with E-state index in [-0.39, 0.29) is 10.3 Å². The van der Waals surface area contributed by atoms with Crippen molar-refractivity contribution < 1.29 is 0 Å². The lowest BCUT2D eigenvalue weighted by molar-refractivity contribution is 0.670. The van der Waals surface area contributed by atoms with E-state index < -0.39 is 0 Å². The van der Waals surface area contributed by atoms with Gasteiger partial charge in [-0.1, -0.05) is 25.3 Å². The van der Waals surface area contributed by atoms with Crippen LogP contribution in [0.25, 0.3) is 0 Å². The van der Waals surface area contributed by atoms with Crippen LogP contribution in [0.2, 0.25) is 0 Å². The van der Waals surface area contributed by atoms with Gasteiger partial charge < -0.3 is 0 Å². The highest BCUT2D eigenvalue weighted by Crippen LogP contribution is 1.92. The molecule has 1 heterocycles. The van der Waals surface area contributed by atoms with Gasteiger partial charge in [0.05, 0.1) is 0 Å². The lowest BCUT2D eigenvalue weighted by Crippen LogP contribution is -1.92. The molecule has 0 fully saturated rings. The van der Waals surface area contributed by atoms with E-state index >= 15 is 0 Å². The molecule has 0 aliphatic rings. The Hall–Kier alpha value is -0.360. The van der Waals surface area contributed by atoms with E-state index in [0.717, 1.165) is 0 Å². The third-order valence-electron chi connectivity index (χ3n) is 0.458. The average molecular weight is 146 g/mol. The molecule has 0 unspecified atom stereocenters. The number of hydrogen-bond donors (Lipinski definition) is 2. The lowest BCUT2D eigenvalue weighted by Gasteiger charge is -1.83. The first kappa shape index (κ1) is 5.77. The van der Waals surface area contributed by atoms with E-state index in [9.17, 15) is 0 Å². The Morgan fingerprint density at radius 3 is 1.25 bits per heavy atom. The Bertz CT molecular complexity index is 151. The summed E-state index contributed by atoms with van der Waals surface area (Å²) in [6.45, 7) is 0. The maximum atomic E-state index is 3.75. The smallest absolute Gasteiger partial charge is 0.119 e. The van der Waals surface area contributed by atoms with Crippen molar-refractivity contribution in [3.05, 3.63) is 0 Å². The molecule has 0 aliphatic heterocycles. The summed E-state index contributed by atoms with van der Waals surface area (Å²) in [5, 5.41) is 14.3. The largest absolute Gasteiger partial charge is 0.226 e. The minimum absolute atomic E-state index is 0.253. The van der Waals surface area contributed by atoms with Crippen LogP contribution in [0.4, 0.5) is 0 Å². The third-order valence-corrected chi connectivity index (χ3v) is 0.816. The van der Waals surface area contributed by atoms with Crippen molar-refractivity contribution in [3.8, 4) is 0 Å². The molecular formula is C2H2N4S2.